The van der Waals surface area contributed by atoms with Gasteiger partial charge < -0.3 is 29.7 Å². The number of aliphatic hydroxyl groups is 2. The lowest BCUT2D eigenvalue weighted by molar-refractivity contribution is -0.274. The first-order valence-corrected chi connectivity index (χ1v) is 10.4. The molecule has 34 heavy (non-hydrogen) atoms. The van der Waals surface area contributed by atoms with Crippen LogP contribution in [0.3, 0.4) is 0 Å². The van der Waals surface area contributed by atoms with E-state index in [1.54, 1.807) is 6.07 Å². The van der Waals surface area contributed by atoms with Gasteiger partial charge in [0.15, 0.2) is 5.60 Å². The van der Waals surface area contributed by atoms with E-state index < -0.39 is 47.7 Å². The van der Waals surface area contributed by atoms with Gasteiger partial charge in [-0.05, 0) is 23.8 Å². The van der Waals surface area contributed by atoms with E-state index in [-0.39, 0.29) is 31.6 Å². The van der Waals surface area contributed by atoms with Crippen LogP contribution >= 0.6 is 0 Å². The standard InChI is InChI=1S/C23H25F4NO6/c1-28-21(31)22(33-13-15-6-2-3-8-17(15)24)10-18(29)20(30)19(11-22)32-12-14-5-4-7-16(9-14)34-23(25,26)27/h2-9,18-20,29-30H,10-13H2,1H3,(H,28,31)/t18-,19?,20-,22+/m1/s1. The van der Waals surface area contributed by atoms with Crippen LogP contribution in [0.1, 0.15) is 24.0 Å². The smallest absolute Gasteiger partial charge is 0.406 e. The molecule has 0 aliphatic heterocycles. The number of rotatable bonds is 8. The van der Waals surface area contributed by atoms with Crippen molar-refractivity contribution in [3.05, 3.63) is 65.5 Å². The third-order valence-corrected chi connectivity index (χ3v) is 5.54. The van der Waals surface area contributed by atoms with Crippen molar-refractivity contribution in [1.82, 2.24) is 5.32 Å². The molecular weight excluding hydrogens is 462 g/mol. The van der Waals surface area contributed by atoms with Crippen molar-refractivity contribution in [2.45, 2.75) is 56.3 Å². The minimum atomic E-state index is -4.86. The van der Waals surface area contributed by atoms with E-state index in [0.29, 0.717) is 5.56 Å². The molecule has 1 aliphatic rings. The predicted octanol–water partition coefficient (Wildman–Crippen LogP) is 2.83. The molecule has 0 bridgehead atoms. The van der Waals surface area contributed by atoms with Gasteiger partial charge >= 0.3 is 6.36 Å². The topological polar surface area (TPSA) is 97.3 Å². The summed E-state index contributed by atoms with van der Waals surface area (Å²) in [6, 6.07) is 10.9. The normalized spacial score (nSPS) is 25.1. The van der Waals surface area contributed by atoms with Crippen molar-refractivity contribution in [3.8, 4) is 5.75 Å². The van der Waals surface area contributed by atoms with Gasteiger partial charge in [-0.3, -0.25) is 4.79 Å². The highest BCUT2D eigenvalue weighted by molar-refractivity contribution is 5.85. The van der Waals surface area contributed by atoms with E-state index in [4.69, 9.17) is 9.47 Å². The van der Waals surface area contributed by atoms with Crippen LogP contribution in [-0.4, -0.2) is 53.4 Å². The Morgan fingerprint density at radius 1 is 1.12 bits per heavy atom. The molecule has 1 saturated carbocycles. The van der Waals surface area contributed by atoms with Crippen LogP contribution in [0.25, 0.3) is 0 Å². The highest BCUT2D eigenvalue weighted by atomic mass is 19.4. The van der Waals surface area contributed by atoms with Crippen molar-refractivity contribution >= 4 is 5.91 Å². The second-order valence-electron chi connectivity index (χ2n) is 7.96. The zero-order chi connectivity index (χ0) is 24.9. The summed E-state index contributed by atoms with van der Waals surface area (Å²) in [5, 5.41) is 23.3. The van der Waals surface area contributed by atoms with E-state index in [1.165, 1.54) is 37.4 Å². The van der Waals surface area contributed by atoms with Crippen molar-refractivity contribution in [3.63, 3.8) is 0 Å². The maximum atomic E-state index is 14.0. The number of amides is 1. The molecule has 0 heterocycles. The van der Waals surface area contributed by atoms with E-state index in [0.717, 1.165) is 12.1 Å². The summed E-state index contributed by atoms with van der Waals surface area (Å²) in [4.78, 5) is 12.7. The lowest BCUT2D eigenvalue weighted by Gasteiger charge is -2.43. The SMILES string of the molecule is CNC(=O)[C@@]1(OCc2ccccc2F)CC(OCc2cccc(OC(F)(F)F)c2)[C@H](O)[C@H](O)C1. The van der Waals surface area contributed by atoms with E-state index >= 15 is 0 Å². The van der Waals surface area contributed by atoms with E-state index in [9.17, 15) is 32.6 Å². The molecule has 7 nitrogen and oxygen atoms in total. The quantitative estimate of drug-likeness (QED) is 0.496. The van der Waals surface area contributed by atoms with Gasteiger partial charge in [-0.25, -0.2) is 4.39 Å². The highest BCUT2D eigenvalue weighted by Crippen LogP contribution is 2.36. The summed E-state index contributed by atoms with van der Waals surface area (Å²) in [5.41, 5.74) is -1.13. The fourth-order valence-corrected chi connectivity index (χ4v) is 3.86. The number of ether oxygens (including phenoxy) is 3. The van der Waals surface area contributed by atoms with Crippen LogP contribution in [0.2, 0.25) is 0 Å². The Morgan fingerprint density at radius 3 is 2.53 bits per heavy atom. The Balaban J connectivity index is 1.75. The van der Waals surface area contributed by atoms with Crippen molar-refractivity contribution in [1.29, 1.82) is 0 Å². The van der Waals surface area contributed by atoms with Gasteiger partial charge in [0.25, 0.3) is 5.91 Å². The van der Waals surface area contributed by atoms with Crippen LogP contribution < -0.4 is 10.1 Å². The third kappa shape index (κ3) is 6.44. The molecule has 2 aromatic rings. The van der Waals surface area contributed by atoms with Crippen LogP contribution in [0, 0.1) is 5.82 Å². The molecule has 3 N–H and O–H groups in total. The minimum Gasteiger partial charge on any atom is -0.406 e. The Labute approximate surface area is 193 Å². The number of aliphatic hydroxyl groups excluding tert-OH is 2. The number of likely N-dealkylation sites (N-methyl/N-ethyl adjacent to an activating group) is 1. The molecule has 1 unspecified atom stereocenters. The molecule has 1 amide bonds. The summed E-state index contributed by atoms with van der Waals surface area (Å²) in [5.74, 6) is -1.56. The number of alkyl halides is 3. The summed E-state index contributed by atoms with van der Waals surface area (Å²) in [6.07, 6.45) is -9.20. The predicted molar refractivity (Wildman–Crippen MR) is 111 cm³/mol. The molecule has 0 aromatic heterocycles. The number of halogens is 4. The van der Waals surface area contributed by atoms with Crippen LogP contribution in [0.15, 0.2) is 48.5 Å². The first kappa shape index (κ1) is 25.9. The second-order valence-corrected chi connectivity index (χ2v) is 7.96. The highest BCUT2D eigenvalue weighted by Gasteiger charge is 2.51. The Morgan fingerprint density at radius 2 is 1.85 bits per heavy atom. The maximum absolute atomic E-state index is 14.0. The molecule has 2 aromatic carbocycles. The molecule has 0 spiro atoms. The zero-order valence-corrected chi connectivity index (χ0v) is 18.2. The molecule has 11 heteroatoms. The van der Waals surface area contributed by atoms with Gasteiger partial charge in [0.1, 0.15) is 17.7 Å². The van der Waals surface area contributed by atoms with Gasteiger partial charge in [0.05, 0.1) is 25.4 Å². The van der Waals surface area contributed by atoms with Crippen LogP contribution in [-0.2, 0) is 27.5 Å². The number of benzene rings is 2. The first-order chi connectivity index (χ1) is 16.0. The van der Waals surface area contributed by atoms with E-state index in [1.807, 2.05) is 0 Å². The number of carbonyl (C=O) groups is 1. The summed E-state index contributed by atoms with van der Waals surface area (Å²) in [6.45, 7) is -0.507. The van der Waals surface area contributed by atoms with Gasteiger partial charge in [-0.2, -0.15) is 0 Å². The van der Waals surface area contributed by atoms with Crippen LogP contribution in [0.4, 0.5) is 17.6 Å². The van der Waals surface area contributed by atoms with Crippen molar-refractivity contribution < 1.29 is 46.8 Å². The first-order valence-electron chi connectivity index (χ1n) is 10.4. The zero-order valence-electron chi connectivity index (χ0n) is 18.2. The van der Waals surface area contributed by atoms with Gasteiger partial charge in [-0.1, -0.05) is 30.3 Å². The molecular formula is C23H25F4NO6. The Bertz CT molecular complexity index is 988. The fraction of sp³-hybridized carbons (Fsp3) is 0.435. The number of carbonyl (C=O) groups excluding carboxylic acids is 1. The number of hydrogen-bond donors (Lipinski definition) is 3. The molecule has 186 valence electrons. The molecule has 0 saturated heterocycles. The average Bonchev–Trinajstić information content (AvgIpc) is 2.78. The van der Waals surface area contributed by atoms with E-state index in [2.05, 4.69) is 10.1 Å². The summed E-state index contributed by atoms with van der Waals surface area (Å²) >= 11 is 0. The number of hydrogen-bond acceptors (Lipinski definition) is 6. The lowest BCUT2D eigenvalue weighted by Crippen LogP contribution is -2.60. The van der Waals surface area contributed by atoms with Crippen molar-refractivity contribution in [2.75, 3.05) is 7.05 Å². The molecule has 3 rings (SSSR count). The Kier molecular flexibility index (Phi) is 8.13. The van der Waals surface area contributed by atoms with Crippen LogP contribution in [0.5, 0.6) is 5.75 Å². The average molecular weight is 487 g/mol. The molecule has 4 atom stereocenters. The molecule has 1 aliphatic carbocycles. The second kappa shape index (κ2) is 10.7. The summed E-state index contributed by atoms with van der Waals surface area (Å²) < 4.78 is 66.8. The molecule has 0 radical (unpaired) electrons. The monoisotopic (exact) mass is 487 g/mol. The maximum Gasteiger partial charge on any atom is 0.573 e. The van der Waals surface area contributed by atoms with Gasteiger partial charge in [0.2, 0.25) is 0 Å². The Hall–Kier alpha value is -2.73. The minimum absolute atomic E-state index is 0.182. The largest absolute Gasteiger partial charge is 0.573 e. The number of nitrogens with one attached hydrogen (secondary N) is 1. The summed E-state index contributed by atoms with van der Waals surface area (Å²) in [7, 11) is 1.37. The third-order valence-electron chi connectivity index (χ3n) is 5.54. The van der Waals surface area contributed by atoms with Crippen molar-refractivity contribution in [2.24, 2.45) is 0 Å². The van der Waals surface area contributed by atoms with Gasteiger partial charge in [0, 0.05) is 25.5 Å². The fourth-order valence-electron chi connectivity index (χ4n) is 3.86. The molecule has 1 fully saturated rings. The van der Waals surface area contributed by atoms with Gasteiger partial charge in [-0.15, -0.1) is 13.2 Å². The lowest BCUT2D eigenvalue weighted by atomic mass is 9.78.